The van der Waals surface area contributed by atoms with E-state index in [1.165, 1.54) is 12.1 Å². The maximum absolute atomic E-state index is 12.3. The molecule has 1 N–H and O–H groups in total. The lowest BCUT2D eigenvalue weighted by Crippen LogP contribution is -2.05. The highest BCUT2D eigenvalue weighted by Gasteiger charge is 2.30. The molecular weight excluding hydrogens is 228 g/mol. The number of benzene rings is 1. The van der Waals surface area contributed by atoms with Crippen molar-refractivity contribution in [2.45, 2.75) is 12.6 Å². The average molecular weight is 237 g/mol. The van der Waals surface area contributed by atoms with Crippen LogP contribution in [-0.2, 0) is 17.2 Å². The van der Waals surface area contributed by atoms with Gasteiger partial charge in [0, 0.05) is 6.42 Å². The fourth-order valence-corrected chi connectivity index (χ4v) is 1.58. The van der Waals surface area contributed by atoms with Gasteiger partial charge in [0.25, 0.3) is 0 Å². The van der Waals surface area contributed by atoms with Crippen molar-refractivity contribution in [2.75, 3.05) is 6.16 Å². The van der Waals surface area contributed by atoms with Gasteiger partial charge in [0.05, 0.1) is 5.56 Å². The van der Waals surface area contributed by atoms with Crippen LogP contribution in [0.1, 0.15) is 11.1 Å². The van der Waals surface area contributed by atoms with Gasteiger partial charge in [-0.1, -0.05) is 18.2 Å². The minimum Gasteiger partial charge on any atom is -0.166 e. The van der Waals surface area contributed by atoms with Crippen molar-refractivity contribution >= 4 is 8.03 Å². The van der Waals surface area contributed by atoms with Crippen LogP contribution in [0.25, 0.3) is 0 Å². The lowest BCUT2D eigenvalue weighted by molar-refractivity contribution is -0.137. The summed E-state index contributed by atoms with van der Waals surface area (Å²) < 4.78 is 47.2. The molecule has 0 bridgehead atoms. The minimum absolute atomic E-state index is 0.0172. The summed E-state index contributed by atoms with van der Waals surface area (Å²) in [5, 5.41) is 0. The van der Waals surface area contributed by atoms with E-state index in [-0.39, 0.29) is 12.6 Å². The number of rotatable bonds is 3. The van der Waals surface area contributed by atoms with Crippen molar-refractivity contribution in [2.24, 2.45) is 0 Å². The molecule has 0 fully saturated rings. The molecule has 6 heteroatoms. The van der Waals surface area contributed by atoms with Gasteiger partial charge in [0.15, 0.2) is 6.16 Å². The Bertz CT molecular complexity index is 363. The van der Waals surface area contributed by atoms with E-state index < -0.39 is 19.8 Å². The van der Waals surface area contributed by atoms with Crippen LogP contribution in [0, 0.1) is 0 Å². The van der Waals surface area contributed by atoms with Gasteiger partial charge in [-0.05, 0) is 16.2 Å². The first-order valence-electron chi connectivity index (χ1n) is 4.19. The van der Waals surface area contributed by atoms with E-state index in [2.05, 4.69) is 0 Å². The molecule has 0 aliphatic carbocycles. The predicted molar refractivity (Wildman–Crippen MR) is 49.8 cm³/mol. The van der Waals surface area contributed by atoms with Crippen LogP contribution in [0.3, 0.4) is 0 Å². The molecule has 0 radical (unpaired) electrons. The van der Waals surface area contributed by atoms with Crippen molar-refractivity contribution < 1.29 is 22.6 Å². The Hall–Kier alpha value is -0.930. The predicted octanol–water partition coefficient (Wildman–Crippen LogP) is 2.98. The maximum Gasteiger partial charge on any atom is 0.505 e. The van der Waals surface area contributed by atoms with E-state index in [0.717, 1.165) is 12.1 Å². The van der Waals surface area contributed by atoms with Crippen molar-refractivity contribution in [3.8, 4) is 0 Å². The van der Waals surface area contributed by atoms with Gasteiger partial charge < -0.3 is 0 Å². The van der Waals surface area contributed by atoms with Crippen LogP contribution in [0.2, 0.25) is 0 Å². The molecule has 1 aromatic rings. The molecule has 0 heterocycles. The molecule has 1 rings (SSSR count). The Morgan fingerprint density at radius 3 is 2.53 bits per heavy atom. The average Bonchev–Trinajstić information content (AvgIpc) is 2.14. The highest BCUT2D eigenvalue weighted by Crippen LogP contribution is 2.30. The third-order valence-electron chi connectivity index (χ3n) is 1.85. The van der Waals surface area contributed by atoms with E-state index in [0.29, 0.717) is 5.56 Å². The second-order valence-corrected chi connectivity index (χ2v) is 4.18. The molecule has 1 unspecified atom stereocenters. The summed E-state index contributed by atoms with van der Waals surface area (Å²) in [6.07, 6.45) is -4.20. The topological polar surface area (TPSA) is 37.3 Å². The van der Waals surface area contributed by atoms with Crippen LogP contribution < -0.4 is 0 Å². The molecule has 15 heavy (non-hydrogen) atoms. The second-order valence-electron chi connectivity index (χ2n) is 3.02. The van der Waals surface area contributed by atoms with Gasteiger partial charge in [-0.2, -0.15) is 18.1 Å². The summed E-state index contributed by atoms with van der Waals surface area (Å²) in [4.78, 5) is 8.53. The first-order valence-corrected chi connectivity index (χ1v) is 5.59. The van der Waals surface area contributed by atoms with E-state index in [1.807, 2.05) is 0 Å². The van der Waals surface area contributed by atoms with Gasteiger partial charge in [0.1, 0.15) is 0 Å². The second kappa shape index (κ2) is 4.73. The molecule has 1 atom stereocenters. The van der Waals surface area contributed by atoms with Gasteiger partial charge >= 0.3 is 14.2 Å². The fraction of sp³-hybridized carbons (Fsp3) is 0.333. The van der Waals surface area contributed by atoms with Crippen molar-refractivity contribution in [3.05, 3.63) is 35.4 Å². The highest BCUT2D eigenvalue weighted by molar-refractivity contribution is 7.37. The Labute approximate surface area is 85.6 Å². The standard InChI is InChI=1S/C9H8F3O2P/c10-9(11,12)8-3-1-2-7(6-8)4-5-15(13)14/h1-3,6H,4-5H2/p+1. The number of hydrogen-bond acceptors (Lipinski definition) is 1. The van der Waals surface area contributed by atoms with Crippen LogP contribution in [0.15, 0.2) is 24.3 Å². The van der Waals surface area contributed by atoms with Gasteiger partial charge in [-0.25, -0.2) is 0 Å². The zero-order valence-electron chi connectivity index (χ0n) is 7.66. The Morgan fingerprint density at radius 1 is 1.33 bits per heavy atom. The highest BCUT2D eigenvalue weighted by atomic mass is 31.1. The monoisotopic (exact) mass is 237 g/mol. The zero-order chi connectivity index (χ0) is 11.5. The van der Waals surface area contributed by atoms with Crippen LogP contribution in [-0.4, -0.2) is 11.1 Å². The first-order chi connectivity index (χ1) is 6.89. The molecule has 2 nitrogen and oxygen atoms in total. The van der Waals surface area contributed by atoms with Crippen LogP contribution >= 0.6 is 8.03 Å². The summed E-state index contributed by atoms with van der Waals surface area (Å²) in [6, 6.07) is 4.78. The smallest absolute Gasteiger partial charge is 0.166 e. The molecule has 0 aliphatic heterocycles. The largest absolute Gasteiger partial charge is 0.505 e. The minimum atomic E-state index is -4.36. The number of alkyl halides is 3. The third-order valence-corrected chi connectivity index (χ3v) is 2.45. The molecule has 0 spiro atoms. The molecule has 0 saturated carbocycles. The summed E-state index contributed by atoms with van der Waals surface area (Å²) in [5.41, 5.74) is -0.310. The normalized spacial score (nSPS) is 12.7. The molecule has 82 valence electrons. The van der Waals surface area contributed by atoms with Gasteiger partial charge in [-0.15, -0.1) is 0 Å². The Balaban J connectivity index is 2.79. The number of hydrogen-bond donors (Lipinski definition) is 1. The lowest BCUT2D eigenvalue weighted by atomic mass is 10.1. The van der Waals surface area contributed by atoms with Crippen LogP contribution in [0.4, 0.5) is 13.2 Å². The molecule has 0 amide bonds. The Morgan fingerprint density at radius 2 is 2.00 bits per heavy atom. The quantitative estimate of drug-likeness (QED) is 0.820. The SMILES string of the molecule is O=[P+](O)CCc1cccc(C(F)(F)F)c1. The fourth-order valence-electron chi connectivity index (χ4n) is 1.13. The van der Waals surface area contributed by atoms with Gasteiger partial charge in [-0.3, -0.25) is 0 Å². The summed E-state index contributed by atoms with van der Waals surface area (Å²) >= 11 is 0. The summed E-state index contributed by atoms with van der Waals surface area (Å²) in [5.74, 6) is 0. The lowest BCUT2D eigenvalue weighted by Gasteiger charge is -2.07. The maximum atomic E-state index is 12.3. The van der Waals surface area contributed by atoms with E-state index in [9.17, 15) is 17.7 Å². The van der Waals surface area contributed by atoms with Crippen molar-refractivity contribution in [1.29, 1.82) is 0 Å². The molecule has 0 saturated heterocycles. The van der Waals surface area contributed by atoms with E-state index in [1.54, 1.807) is 0 Å². The van der Waals surface area contributed by atoms with E-state index in [4.69, 9.17) is 4.89 Å². The van der Waals surface area contributed by atoms with Crippen LogP contribution in [0.5, 0.6) is 0 Å². The van der Waals surface area contributed by atoms with Crippen molar-refractivity contribution in [1.82, 2.24) is 0 Å². The van der Waals surface area contributed by atoms with Gasteiger partial charge in [0.2, 0.25) is 0 Å². The van der Waals surface area contributed by atoms with Crippen molar-refractivity contribution in [3.63, 3.8) is 0 Å². The molecule has 0 aliphatic rings. The number of aryl methyl sites for hydroxylation is 1. The summed E-state index contributed by atoms with van der Waals surface area (Å²) in [6.45, 7) is 0. The third kappa shape index (κ3) is 3.98. The summed E-state index contributed by atoms with van der Waals surface area (Å²) in [7, 11) is -2.29. The molecule has 1 aromatic carbocycles. The van der Waals surface area contributed by atoms with E-state index >= 15 is 0 Å². The molecule has 0 aromatic heterocycles. The molecular formula is C9H9F3O2P+. The first kappa shape index (κ1) is 12.1. The Kier molecular flexibility index (Phi) is 3.83. The zero-order valence-corrected chi connectivity index (χ0v) is 8.55. The number of halogens is 3.